The van der Waals surface area contributed by atoms with Crippen LogP contribution in [0.25, 0.3) is 39.1 Å². The fourth-order valence-electron chi connectivity index (χ4n) is 5.64. The van der Waals surface area contributed by atoms with Crippen molar-refractivity contribution in [3.63, 3.8) is 0 Å². The first-order valence-corrected chi connectivity index (χ1v) is 13.7. The lowest BCUT2D eigenvalue weighted by molar-refractivity contribution is 0.0697. The van der Waals surface area contributed by atoms with E-state index >= 15 is 0 Å². The van der Waals surface area contributed by atoms with E-state index in [4.69, 9.17) is 9.97 Å². The van der Waals surface area contributed by atoms with E-state index in [0.717, 1.165) is 74.6 Å². The average molecular weight is 529 g/mol. The van der Waals surface area contributed by atoms with Crippen LogP contribution < -0.4 is 0 Å². The summed E-state index contributed by atoms with van der Waals surface area (Å²) in [5.74, 6) is 0.148. The van der Waals surface area contributed by atoms with Crippen molar-refractivity contribution in [1.82, 2.24) is 18.9 Å². The van der Waals surface area contributed by atoms with Crippen LogP contribution in [0.4, 0.5) is 0 Å². The lowest BCUT2D eigenvalue weighted by Gasteiger charge is -2.12. The molecule has 6 rings (SSSR count). The second-order valence-electron chi connectivity index (χ2n) is 10.6. The van der Waals surface area contributed by atoms with Gasteiger partial charge in [0.05, 0.1) is 22.3 Å². The Morgan fingerprint density at radius 2 is 1.68 bits per heavy atom. The first kappa shape index (κ1) is 25.6. The standard InChI is InChI=1S/C34H32N4O2/c1-5-8-31-36-33-22(3)17-26(29-20-37-23(4)15-21(2)16-32(37)35-29)18-30(33)38(31)19-24-11-13-25(14-12-24)27-9-6-7-10-28(27)34(39)40/h6-7,9-18,20H,5,8,19H2,1-4H3,(H,39,40). The zero-order valence-electron chi connectivity index (χ0n) is 23.3. The Morgan fingerprint density at radius 1 is 0.900 bits per heavy atom. The molecule has 0 aliphatic rings. The highest BCUT2D eigenvalue weighted by Gasteiger charge is 2.17. The molecule has 0 fully saturated rings. The Hall–Kier alpha value is -4.71. The van der Waals surface area contributed by atoms with Crippen molar-refractivity contribution in [2.75, 3.05) is 0 Å². The predicted molar refractivity (Wildman–Crippen MR) is 160 cm³/mol. The van der Waals surface area contributed by atoms with Crippen molar-refractivity contribution in [2.24, 2.45) is 0 Å². The van der Waals surface area contributed by atoms with E-state index in [1.807, 2.05) is 24.3 Å². The summed E-state index contributed by atoms with van der Waals surface area (Å²) >= 11 is 0. The average Bonchev–Trinajstić information content (AvgIpc) is 3.52. The van der Waals surface area contributed by atoms with Gasteiger partial charge in [-0.25, -0.2) is 14.8 Å². The van der Waals surface area contributed by atoms with Crippen LogP contribution in [0.1, 0.15) is 51.9 Å². The molecule has 40 heavy (non-hydrogen) atoms. The van der Waals surface area contributed by atoms with Crippen molar-refractivity contribution in [1.29, 1.82) is 0 Å². The lowest BCUT2D eigenvalue weighted by atomic mass is 9.98. The number of carbonyl (C=O) groups is 1. The molecule has 3 aromatic carbocycles. The van der Waals surface area contributed by atoms with Crippen molar-refractivity contribution in [3.05, 3.63) is 113 Å². The number of carboxylic acids is 1. The van der Waals surface area contributed by atoms with Gasteiger partial charge in [-0.2, -0.15) is 0 Å². The molecule has 0 unspecified atom stereocenters. The monoisotopic (exact) mass is 528 g/mol. The molecule has 0 aliphatic heterocycles. The minimum Gasteiger partial charge on any atom is -0.478 e. The van der Waals surface area contributed by atoms with Crippen molar-refractivity contribution < 1.29 is 9.90 Å². The van der Waals surface area contributed by atoms with Gasteiger partial charge in [0.2, 0.25) is 0 Å². The van der Waals surface area contributed by atoms with Gasteiger partial charge in [-0.05, 0) is 85.3 Å². The molecule has 6 aromatic rings. The molecular formula is C34H32N4O2. The highest BCUT2D eigenvalue weighted by molar-refractivity contribution is 5.96. The molecule has 3 heterocycles. The van der Waals surface area contributed by atoms with Crippen LogP contribution >= 0.6 is 0 Å². The highest BCUT2D eigenvalue weighted by Crippen LogP contribution is 2.30. The minimum atomic E-state index is -0.921. The number of rotatable bonds is 7. The van der Waals surface area contributed by atoms with Crippen molar-refractivity contribution in [3.8, 4) is 22.4 Å². The van der Waals surface area contributed by atoms with Gasteiger partial charge in [0.25, 0.3) is 0 Å². The summed E-state index contributed by atoms with van der Waals surface area (Å²) in [4.78, 5) is 21.7. The molecule has 6 nitrogen and oxygen atoms in total. The molecular weight excluding hydrogens is 496 g/mol. The fourth-order valence-corrected chi connectivity index (χ4v) is 5.64. The summed E-state index contributed by atoms with van der Waals surface area (Å²) in [5, 5.41) is 9.61. The number of fused-ring (bicyclic) bond motifs is 2. The third kappa shape index (κ3) is 4.56. The Kier molecular flexibility index (Phi) is 6.46. The Balaban J connectivity index is 1.41. The van der Waals surface area contributed by atoms with Crippen LogP contribution in [0.3, 0.4) is 0 Å². The molecule has 6 heteroatoms. The second kappa shape index (κ2) is 10.1. The van der Waals surface area contributed by atoms with E-state index in [1.54, 1.807) is 12.1 Å². The molecule has 0 saturated heterocycles. The maximum absolute atomic E-state index is 11.7. The third-order valence-electron chi connectivity index (χ3n) is 7.56. The molecule has 0 amide bonds. The summed E-state index contributed by atoms with van der Waals surface area (Å²) in [5.41, 5.74) is 11.7. The van der Waals surface area contributed by atoms with Gasteiger partial charge in [0.15, 0.2) is 0 Å². The molecule has 0 aliphatic carbocycles. The smallest absolute Gasteiger partial charge is 0.336 e. The van der Waals surface area contributed by atoms with E-state index < -0.39 is 5.97 Å². The topological polar surface area (TPSA) is 72.4 Å². The summed E-state index contributed by atoms with van der Waals surface area (Å²) < 4.78 is 4.46. The van der Waals surface area contributed by atoms with Gasteiger partial charge >= 0.3 is 5.97 Å². The number of carboxylic acid groups (broad SMARTS) is 1. The van der Waals surface area contributed by atoms with E-state index in [2.05, 4.69) is 79.3 Å². The number of aromatic carboxylic acids is 1. The summed E-state index contributed by atoms with van der Waals surface area (Å²) in [6.07, 6.45) is 4.01. The number of imidazole rings is 2. The predicted octanol–water partition coefficient (Wildman–Crippen LogP) is 7.64. The second-order valence-corrected chi connectivity index (χ2v) is 10.6. The van der Waals surface area contributed by atoms with Crippen LogP contribution in [-0.2, 0) is 13.0 Å². The van der Waals surface area contributed by atoms with Gasteiger partial charge in [0.1, 0.15) is 11.5 Å². The zero-order valence-corrected chi connectivity index (χ0v) is 23.3. The lowest BCUT2D eigenvalue weighted by Crippen LogP contribution is -2.05. The molecule has 3 aromatic heterocycles. The largest absolute Gasteiger partial charge is 0.478 e. The van der Waals surface area contributed by atoms with Gasteiger partial charge in [-0.15, -0.1) is 0 Å². The maximum Gasteiger partial charge on any atom is 0.336 e. The molecule has 0 saturated carbocycles. The number of pyridine rings is 1. The van der Waals surface area contributed by atoms with Crippen molar-refractivity contribution in [2.45, 2.75) is 47.1 Å². The van der Waals surface area contributed by atoms with E-state index in [-0.39, 0.29) is 0 Å². The normalized spacial score (nSPS) is 11.5. The SMILES string of the molecule is CCCc1nc2c(C)cc(-c3cn4c(C)cc(C)cc4n3)cc2n1Cc1ccc(-c2ccccc2C(=O)O)cc1. The molecule has 1 N–H and O–H groups in total. The Labute approximate surface area is 233 Å². The van der Waals surface area contributed by atoms with Crippen LogP contribution in [0.5, 0.6) is 0 Å². The first-order chi connectivity index (χ1) is 19.3. The van der Waals surface area contributed by atoms with Gasteiger partial charge in [0, 0.05) is 30.4 Å². The van der Waals surface area contributed by atoms with Crippen LogP contribution in [0.15, 0.2) is 79.0 Å². The van der Waals surface area contributed by atoms with Gasteiger partial charge < -0.3 is 14.1 Å². The number of benzene rings is 3. The summed E-state index contributed by atoms with van der Waals surface area (Å²) in [6, 6.07) is 24.0. The highest BCUT2D eigenvalue weighted by atomic mass is 16.4. The fraction of sp³-hybridized carbons (Fsp3) is 0.206. The number of aromatic nitrogens is 4. The zero-order chi connectivity index (χ0) is 28.0. The molecule has 0 bridgehead atoms. The number of nitrogens with zero attached hydrogens (tertiary/aromatic N) is 4. The van der Waals surface area contributed by atoms with E-state index in [9.17, 15) is 9.90 Å². The van der Waals surface area contributed by atoms with E-state index in [1.165, 1.54) is 5.56 Å². The molecule has 200 valence electrons. The third-order valence-corrected chi connectivity index (χ3v) is 7.56. The number of hydrogen-bond acceptors (Lipinski definition) is 3. The van der Waals surface area contributed by atoms with Crippen molar-refractivity contribution >= 4 is 22.6 Å². The van der Waals surface area contributed by atoms with Gasteiger partial charge in [-0.1, -0.05) is 49.4 Å². The maximum atomic E-state index is 11.7. The Morgan fingerprint density at radius 3 is 2.42 bits per heavy atom. The molecule has 0 spiro atoms. The summed E-state index contributed by atoms with van der Waals surface area (Å²) in [6.45, 7) is 9.19. The quantitative estimate of drug-likeness (QED) is 0.231. The van der Waals surface area contributed by atoms with Crippen LogP contribution in [0.2, 0.25) is 0 Å². The Bertz CT molecular complexity index is 1890. The minimum absolute atomic E-state index is 0.307. The summed E-state index contributed by atoms with van der Waals surface area (Å²) in [7, 11) is 0. The van der Waals surface area contributed by atoms with Crippen LogP contribution in [0, 0.1) is 20.8 Å². The number of aryl methyl sites for hydroxylation is 4. The van der Waals surface area contributed by atoms with Gasteiger partial charge in [-0.3, -0.25) is 0 Å². The van der Waals surface area contributed by atoms with Crippen LogP contribution in [-0.4, -0.2) is 30.0 Å². The number of hydrogen-bond donors (Lipinski definition) is 1. The van der Waals surface area contributed by atoms with E-state index in [0.29, 0.717) is 12.1 Å². The molecule has 0 radical (unpaired) electrons. The first-order valence-electron chi connectivity index (χ1n) is 13.7. The molecule has 0 atom stereocenters.